The lowest BCUT2D eigenvalue weighted by Crippen LogP contribution is -2.18. The first-order valence-corrected chi connectivity index (χ1v) is 3.22. The van der Waals surface area contributed by atoms with Crippen molar-refractivity contribution in [1.82, 2.24) is 0 Å². The van der Waals surface area contributed by atoms with Gasteiger partial charge < -0.3 is 4.74 Å². The normalized spacial score (nSPS) is 35.3. The largest absolute Gasteiger partial charge is 0.466 e. The van der Waals surface area contributed by atoms with Crippen LogP contribution in [-0.4, -0.2) is 5.85 Å². The molecule has 0 radical (unpaired) electrons. The molecule has 1 nitrogen and oxygen atoms in total. The molecule has 0 N–H and O–H groups in total. The van der Waals surface area contributed by atoms with Crippen molar-refractivity contribution in [2.75, 3.05) is 0 Å². The van der Waals surface area contributed by atoms with Crippen LogP contribution in [-0.2, 0) is 4.74 Å². The van der Waals surface area contributed by atoms with E-state index in [4.69, 9.17) is 4.74 Å². The van der Waals surface area contributed by atoms with Gasteiger partial charge in [-0.2, -0.15) is 4.39 Å². The Kier molecular flexibility index (Phi) is 1.74. The SMILES string of the molecule is CC1(F)CCCC=CO1. The Balaban J connectivity index is 2.48. The van der Waals surface area contributed by atoms with E-state index in [0.717, 1.165) is 12.8 Å². The maximum Gasteiger partial charge on any atom is 0.244 e. The summed E-state index contributed by atoms with van der Waals surface area (Å²) in [5, 5.41) is 0. The molecule has 0 saturated heterocycles. The first-order valence-electron chi connectivity index (χ1n) is 3.22. The predicted molar refractivity (Wildman–Crippen MR) is 33.6 cm³/mol. The lowest BCUT2D eigenvalue weighted by molar-refractivity contribution is -0.0849. The molecule has 0 saturated carbocycles. The van der Waals surface area contributed by atoms with Crippen LogP contribution >= 0.6 is 0 Å². The molecular weight excluding hydrogens is 119 g/mol. The van der Waals surface area contributed by atoms with Crippen molar-refractivity contribution < 1.29 is 9.13 Å². The molecule has 52 valence electrons. The van der Waals surface area contributed by atoms with Crippen molar-refractivity contribution in [2.24, 2.45) is 0 Å². The third kappa shape index (κ3) is 2.04. The van der Waals surface area contributed by atoms with E-state index in [1.165, 1.54) is 13.2 Å². The number of hydrogen-bond donors (Lipinski definition) is 0. The smallest absolute Gasteiger partial charge is 0.244 e. The van der Waals surface area contributed by atoms with E-state index < -0.39 is 5.85 Å². The van der Waals surface area contributed by atoms with Crippen LogP contribution in [0.3, 0.4) is 0 Å². The van der Waals surface area contributed by atoms with Crippen LogP contribution < -0.4 is 0 Å². The minimum Gasteiger partial charge on any atom is -0.466 e. The van der Waals surface area contributed by atoms with E-state index >= 15 is 0 Å². The molecule has 1 atom stereocenters. The van der Waals surface area contributed by atoms with E-state index in [2.05, 4.69) is 0 Å². The number of ether oxygens (including phenoxy) is 1. The molecule has 1 aliphatic heterocycles. The predicted octanol–water partition coefficient (Wildman–Crippen LogP) is 2.39. The Morgan fingerprint density at radius 2 is 2.44 bits per heavy atom. The van der Waals surface area contributed by atoms with Crippen LogP contribution in [0.2, 0.25) is 0 Å². The van der Waals surface area contributed by atoms with Gasteiger partial charge in [-0.3, -0.25) is 0 Å². The van der Waals surface area contributed by atoms with Crippen molar-refractivity contribution in [3.05, 3.63) is 12.3 Å². The fourth-order valence-electron chi connectivity index (χ4n) is 0.853. The van der Waals surface area contributed by atoms with Gasteiger partial charge in [-0.1, -0.05) is 0 Å². The number of allylic oxidation sites excluding steroid dienone is 1. The van der Waals surface area contributed by atoms with Crippen LogP contribution in [0.1, 0.15) is 26.2 Å². The highest BCUT2D eigenvalue weighted by Gasteiger charge is 2.23. The van der Waals surface area contributed by atoms with Crippen molar-refractivity contribution >= 4 is 0 Å². The molecule has 0 spiro atoms. The van der Waals surface area contributed by atoms with Gasteiger partial charge in [-0.25, -0.2) is 0 Å². The third-order valence-corrected chi connectivity index (χ3v) is 1.40. The topological polar surface area (TPSA) is 9.23 Å². The first kappa shape index (κ1) is 6.59. The Labute approximate surface area is 54.5 Å². The fraction of sp³-hybridized carbons (Fsp3) is 0.714. The van der Waals surface area contributed by atoms with Crippen LogP contribution in [0.5, 0.6) is 0 Å². The van der Waals surface area contributed by atoms with Crippen molar-refractivity contribution in [2.45, 2.75) is 32.0 Å². The van der Waals surface area contributed by atoms with E-state index in [1.54, 1.807) is 0 Å². The molecule has 1 heterocycles. The average Bonchev–Trinajstić information content (AvgIpc) is 1.92. The summed E-state index contributed by atoms with van der Waals surface area (Å²) in [5.41, 5.74) is 0. The Morgan fingerprint density at radius 3 is 3.22 bits per heavy atom. The third-order valence-electron chi connectivity index (χ3n) is 1.40. The summed E-state index contributed by atoms with van der Waals surface area (Å²) < 4.78 is 17.6. The van der Waals surface area contributed by atoms with Crippen molar-refractivity contribution in [3.8, 4) is 0 Å². The van der Waals surface area contributed by atoms with Crippen LogP contribution in [0, 0.1) is 0 Å². The zero-order chi connectivity index (χ0) is 6.74. The van der Waals surface area contributed by atoms with Gasteiger partial charge in [-0.15, -0.1) is 0 Å². The standard InChI is InChI=1S/C7H11FO/c1-7(8)5-3-2-4-6-9-7/h4,6H,2-3,5H2,1H3. The monoisotopic (exact) mass is 130 g/mol. The minimum absolute atomic E-state index is 0.500. The van der Waals surface area contributed by atoms with Gasteiger partial charge >= 0.3 is 0 Å². The molecule has 9 heavy (non-hydrogen) atoms. The molecule has 0 fully saturated rings. The zero-order valence-electron chi connectivity index (χ0n) is 5.56. The van der Waals surface area contributed by atoms with E-state index in [0.29, 0.717) is 6.42 Å². The van der Waals surface area contributed by atoms with Gasteiger partial charge in [0, 0.05) is 13.3 Å². The quantitative estimate of drug-likeness (QED) is 0.489. The molecule has 0 amide bonds. The molecule has 2 heteroatoms. The Bertz CT molecular complexity index is 118. The second-order valence-electron chi connectivity index (χ2n) is 2.48. The van der Waals surface area contributed by atoms with E-state index in [9.17, 15) is 4.39 Å². The molecular formula is C7H11FO. The lowest BCUT2D eigenvalue weighted by atomic mass is 10.1. The van der Waals surface area contributed by atoms with Crippen LogP contribution in [0.15, 0.2) is 12.3 Å². The molecule has 0 aromatic carbocycles. The molecule has 1 rings (SSSR count). The summed E-state index contributed by atoms with van der Waals surface area (Å²) in [6, 6.07) is 0. The molecule has 1 unspecified atom stereocenters. The summed E-state index contributed by atoms with van der Waals surface area (Å²) in [6.07, 6.45) is 5.61. The number of rotatable bonds is 0. The van der Waals surface area contributed by atoms with Gasteiger partial charge in [0.1, 0.15) is 0 Å². The minimum atomic E-state index is -1.42. The number of alkyl halides is 1. The van der Waals surface area contributed by atoms with Gasteiger partial charge in [0.2, 0.25) is 5.85 Å². The second-order valence-corrected chi connectivity index (χ2v) is 2.48. The van der Waals surface area contributed by atoms with Crippen molar-refractivity contribution in [1.29, 1.82) is 0 Å². The summed E-state index contributed by atoms with van der Waals surface area (Å²) in [4.78, 5) is 0. The summed E-state index contributed by atoms with van der Waals surface area (Å²) >= 11 is 0. The summed E-state index contributed by atoms with van der Waals surface area (Å²) in [6.45, 7) is 1.46. The van der Waals surface area contributed by atoms with Crippen molar-refractivity contribution in [3.63, 3.8) is 0 Å². The van der Waals surface area contributed by atoms with Gasteiger partial charge in [-0.05, 0) is 18.9 Å². The second kappa shape index (κ2) is 2.38. The number of halogens is 1. The highest BCUT2D eigenvalue weighted by molar-refractivity contribution is 4.80. The molecule has 0 aliphatic carbocycles. The van der Waals surface area contributed by atoms with Crippen LogP contribution in [0.4, 0.5) is 4.39 Å². The molecule has 0 aromatic heterocycles. The molecule has 1 aliphatic rings. The maximum absolute atomic E-state index is 12.9. The lowest BCUT2D eigenvalue weighted by Gasteiger charge is -2.16. The average molecular weight is 130 g/mol. The Morgan fingerprint density at radius 1 is 1.67 bits per heavy atom. The molecule has 0 bridgehead atoms. The number of hydrogen-bond acceptors (Lipinski definition) is 1. The maximum atomic E-state index is 12.9. The van der Waals surface area contributed by atoms with Gasteiger partial charge in [0.25, 0.3) is 0 Å². The van der Waals surface area contributed by atoms with E-state index in [1.807, 2.05) is 6.08 Å². The van der Waals surface area contributed by atoms with Gasteiger partial charge in [0.05, 0.1) is 6.26 Å². The summed E-state index contributed by atoms with van der Waals surface area (Å²) in [5.74, 6) is -1.42. The van der Waals surface area contributed by atoms with Crippen LogP contribution in [0.25, 0.3) is 0 Å². The molecule has 0 aromatic rings. The van der Waals surface area contributed by atoms with Gasteiger partial charge in [0.15, 0.2) is 0 Å². The first-order chi connectivity index (χ1) is 4.21. The zero-order valence-corrected chi connectivity index (χ0v) is 5.56. The Hall–Kier alpha value is -0.530. The fourth-order valence-corrected chi connectivity index (χ4v) is 0.853. The highest BCUT2D eigenvalue weighted by atomic mass is 19.2. The summed E-state index contributed by atoms with van der Waals surface area (Å²) in [7, 11) is 0. The highest BCUT2D eigenvalue weighted by Crippen LogP contribution is 2.23. The van der Waals surface area contributed by atoms with E-state index in [-0.39, 0.29) is 0 Å².